The first kappa shape index (κ1) is 42.0. The first-order valence-electron chi connectivity index (χ1n) is 0.716. The van der Waals surface area contributed by atoms with Gasteiger partial charge in [-0.1, -0.05) is 0 Å². The van der Waals surface area contributed by atoms with Crippen LogP contribution in [-0.4, -0.2) is 57.2 Å². The molecular weight excluding hydrogens is 129 g/mol. The number of carboxylic acid groups (broad SMARTS) is 1. The van der Waals surface area contributed by atoms with Crippen molar-refractivity contribution in [3.05, 3.63) is 0 Å². The van der Waals surface area contributed by atoms with Crippen molar-refractivity contribution in [3.63, 3.8) is 0 Å². The molecule has 0 saturated heterocycles. The number of nitrogens with two attached hydrogens (primary N) is 1. The molecule has 0 rings (SSSR count). The molecule has 0 fully saturated rings. The summed E-state index contributed by atoms with van der Waals surface area (Å²) in [4.78, 5) is 8.78. The molecule has 9 N–H and O–H groups in total. The van der Waals surface area contributed by atoms with Gasteiger partial charge in [-0.3, -0.25) is 0 Å². The minimum atomic E-state index is -1.33. The second kappa shape index (κ2) is 27.3. The molecule has 7 heteroatoms. The SMILES string of the molecule is NC(=O)O.O.O.O.[NaH]. The first-order valence-corrected chi connectivity index (χ1v) is 0.716. The molecule has 0 aliphatic heterocycles. The molecule has 0 aliphatic rings. The predicted octanol–water partition coefficient (Wildman–Crippen LogP) is -3.50. The summed E-state index contributed by atoms with van der Waals surface area (Å²) in [6.45, 7) is 0. The van der Waals surface area contributed by atoms with Crippen LogP contribution in [0.15, 0.2) is 0 Å². The van der Waals surface area contributed by atoms with E-state index in [1.54, 1.807) is 0 Å². The molecule has 0 aliphatic carbocycles. The van der Waals surface area contributed by atoms with Crippen molar-refractivity contribution in [2.75, 3.05) is 0 Å². The minimum absolute atomic E-state index is 0. The molecule has 0 radical (unpaired) electrons. The standard InChI is InChI=1S/CH3NO2.Na.3H2O.H/c2-1(3)4;;;;;/h2H2,(H,3,4);;3*1H2;. The molecule has 0 atom stereocenters. The molecule has 1 amide bonds. The van der Waals surface area contributed by atoms with Crippen molar-refractivity contribution < 1.29 is 26.3 Å². The fourth-order valence-corrected chi connectivity index (χ4v) is 0. The zero-order valence-electron chi connectivity index (χ0n) is 3.43. The maximum atomic E-state index is 8.78. The van der Waals surface area contributed by atoms with Gasteiger partial charge >= 0.3 is 35.7 Å². The monoisotopic (exact) mass is 139 g/mol. The van der Waals surface area contributed by atoms with Crippen LogP contribution in [0.4, 0.5) is 4.79 Å². The number of hydrogen-bond donors (Lipinski definition) is 2. The molecule has 0 heterocycles. The third kappa shape index (κ3) is 7250. The van der Waals surface area contributed by atoms with Gasteiger partial charge in [0.2, 0.25) is 0 Å². The van der Waals surface area contributed by atoms with Crippen LogP contribution < -0.4 is 5.73 Å². The van der Waals surface area contributed by atoms with Crippen molar-refractivity contribution >= 4 is 35.7 Å². The van der Waals surface area contributed by atoms with Gasteiger partial charge in [-0.15, -0.1) is 0 Å². The molecule has 0 aromatic rings. The van der Waals surface area contributed by atoms with Crippen LogP contribution in [0.5, 0.6) is 0 Å². The quantitative estimate of drug-likeness (QED) is 0.333. The van der Waals surface area contributed by atoms with Crippen LogP contribution in [-0.2, 0) is 0 Å². The van der Waals surface area contributed by atoms with E-state index < -0.39 is 6.09 Å². The van der Waals surface area contributed by atoms with E-state index in [0.717, 1.165) is 0 Å². The Morgan fingerprint density at radius 2 is 1.25 bits per heavy atom. The van der Waals surface area contributed by atoms with Gasteiger partial charge in [-0.05, 0) is 0 Å². The van der Waals surface area contributed by atoms with Crippen LogP contribution in [0, 0.1) is 0 Å². The van der Waals surface area contributed by atoms with E-state index in [1.807, 2.05) is 0 Å². The molecule has 0 unspecified atom stereocenters. The molecule has 0 saturated carbocycles. The molecular formula is CH10NNaO5. The maximum absolute atomic E-state index is 8.78. The van der Waals surface area contributed by atoms with E-state index in [1.165, 1.54) is 0 Å². The number of primary amides is 1. The Bertz CT molecular complexity index is 35.4. The summed E-state index contributed by atoms with van der Waals surface area (Å²) in [7, 11) is 0. The van der Waals surface area contributed by atoms with Gasteiger partial charge in [0.1, 0.15) is 0 Å². The Morgan fingerprint density at radius 1 is 1.25 bits per heavy atom. The molecule has 0 bridgehead atoms. The van der Waals surface area contributed by atoms with E-state index in [-0.39, 0.29) is 46.0 Å². The summed E-state index contributed by atoms with van der Waals surface area (Å²) in [5, 5.41) is 7.19. The number of rotatable bonds is 0. The van der Waals surface area contributed by atoms with Gasteiger partial charge in [0.05, 0.1) is 0 Å². The van der Waals surface area contributed by atoms with Gasteiger partial charge in [-0.25, -0.2) is 4.79 Å². The average Bonchev–Trinajstić information content (AvgIpc) is 0.811. The zero-order valence-corrected chi connectivity index (χ0v) is 3.43. The fraction of sp³-hybridized carbons (Fsp3) is 0. The van der Waals surface area contributed by atoms with Crippen molar-refractivity contribution in [2.24, 2.45) is 5.73 Å². The van der Waals surface area contributed by atoms with Gasteiger partial charge in [0, 0.05) is 0 Å². The second-order valence-electron chi connectivity index (χ2n) is 0.338. The summed E-state index contributed by atoms with van der Waals surface area (Å²) in [5.74, 6) is 0. The van der Waals surface area contributed by atoms with Gasteiger partial charge in [-0.2, -0.15) is 0 Å². The Labute approximate surface area is 67.9 Å². The zero-order chi connectivity index (χ0) is 3.58. The summed E-state index contributed by atoms with van der Waals surface area (Å²) in [5.41, 5.74) is 4.03. The molecule has 0 aromatic carbocycles. The van der Waals surface area contributed by atoms with Gasteiger partial charge in [0.15, 0.2) is 0 Å². The van der Waals surface area contributed by atoms with Crippen LogP contribution in [0.25, 0.3) is 0 Å². The van der Waals surface area contributed by atoms with Crippen LogP contribution in [0.3, 0.4) is 0 Å². The van der Waals surface area contributed by atoms with E-state index in [2.05, 4.69) is 5.73 Å². The third-order valence-electron chi connectivity index (χ3n) is 0. The molecule has 50 valence electrons. The third-order valence-corrected chi connectivity index (χ3v) is 0. The van der Waals surface area contributed by atoms with Crippen LogP contribution in [0.2, 0.25) is 0 Å². The number of hydrogen-bond acceptors (Lipinski definition) is 1. The molecule has 0 spiro atoms. The molecule has 8 heavy (non-hydrogen) atoms. The Morgan fingerprint density at radius 3 is 1.25 bits per heavy atom. The summed E-state index contributed by atoms with van der Waals surface area (Å²) in [6, 6.07) is 0. The Kier molecular flexibility index (Phi) is 143. The number of carbonyl (C=O) groups is 1. The van der Waals surface area contributed by atoms with E-state index >= 15 is 0 Å². The van der Waals surface area contributed by atoms with Gasteiger partial charge < -0.3 is 27.3 Å². The van der Waals surface area contributed by atoms with Crippen molar-refractivity contribution in [2.45, 2.75) is 0 Å². The van der Waals surface area contributed by atoms with Gasteiger partial charge in [0.25, 0.3) is 0 Å². The predicted molar refractivity (Wildman–Crippen MR) is 30.2 cm³/mol. The average molecular weight is 139 g/mol. The molecule has 6 nitrogen and oxygen atoms in total. The first-order chi connectivity index (χ1) is 1.73. The van der Waals surface area contributed by atoms with Crippen molar-refractivity contribution in [1.29, 1.82) is 0 Å². The fourth-order valence-electron chi connectivity index (χ4n) is 0. The van der Waals surface area contributed by atoms with Crippen LogP contribution >= 0.6 is 0 Å². The van der Waals surface area contributed by atoms with E-state index in [0.29, 0.717) is 0 Å². The summed E-state index contributed by atoms with van der Waals surface area (Å²) < 4.78 is 0. The number of amides is 1. The Balaban J connectivity index is -0.00000000750. The van der Waals surface area contributed by atoms with Crippen molar-refractivity contribution in [3.8, 4) is 0 Å². The van der Waals surface area contributed by atoms with E-state index in [4.69, 9.17) is 9.90 Å². The normalized spacial score (nSPS) is 3.00. The van der Waals surface area contributed by atoms with Crippen molar-refractivity contribution in [1.82, 2.24) is 0 Å². The van der Waals surface area contributed by atoms with Crippen LogP contribution in [0.1, 0.15) is 0 Å². The second-order valence-corrected chi connectivity index (χ2v) is 0.338. The summed E-state index contributed by atoms with van der Waals surface area (Å²) >= 11 is 0. The topological polar surface area (TPSA) is 158 Å². The van der Waals surface area contributed by atoms with E-state index in [9.17, 15) is 0 Å². The summed E-state index contributed by atoms with van der Waals surface area (Å²) in [6.07, 6.45) is -1.33. The molecule has 0 aromatic heterocycles. The Hall–Kier alpha value is 0.150.